The average molecular weight is 242 g/mol. The number of hydrogen-bond acceptors (Lipinski definition) is 4. The quantitative estimate of drug-likeness (QED) is 0.680. The fraction of sp³-hybridized carbons (Fsp3) is 0.846. The molecule has 2 N–H and O–H groups in total. The van der Waals surface area contributed by atoms with Crippen molar-refractivity contribution in [3.05, 3.63) is 0 Å². The maximum Gasteiger partial charge on any atom is 0.135 e. The highest BCUT2D eigenvalue weighted by Crippen LogP contribution is 2.34. The zero-order valence-electron chi connectivity index (χ0n) is 10.5. The van der Waals surface area contributed by atoms with Crippen molar-refractivity contribution >= 4 is 12.1 Å². The van der Waals surface area contributed by atoms with Crippen LogP contribution >= 0.6 is 0 Å². The van der Waals surface area contributed by atoms with E-state index >= 15 is 0 Å². The van der Waals surface area contributed by atoms with Crippen molar-refractivity contribution in [1.82, 2.24) is 0 Å². The van der Waals surface area contributed by atoms with E-state index in [2.05, 4.69) is 0 Å². The first-order chi connectivity index (χ1) is 8.01. The molecule has 1 aliphatic carbocycles. The van der Waals surface area contributed by atoms with Gasteiger partial charge in [0.15, 0.2) is 0 Å². The van der Waals surface area contributed by atoms with Gasteiger partial charge in [-0.3, -0.25) is 4.79 Å². The summed E-state index contributed by atoms with van der Waals surface area (Å²) in [6.07, 6.45) is 1.21. The molecule has 0 bridgehead atoms. The van der Waals surface area contributed by atoms with Crippen molar-refractivity contribution in [2.45, 2.75) is 51.7 Å². The van der Waals surface area contributed by atoms with Crippen molar-refractivity contribution in [2.75, 3.05) is 0 Å². The lowest BCUT2D eigenvalue weighted by Gasteiger charge is -2.18. The molecule has 5 unspecified atom stereocenters. The lowest BCUT2D eigenvalue weighted by molar-refractivity contribution is -0.123. The molecule has 98 valence electrons. The van der Waals surface area contributed by atoms with Crippen LogP contribution in [-0.4, -0.2) is 34.5 Å². The summed E-state index contributed by atoms with van der Waals surface area (Å²) in [5, 5.41) is 19.3. The molecule has 0 radical (unpaired) electrons. The molecule has 1 rings (SSSR count). The monoisotopic (exact) mass is 242 g/mol. The molecule has 0 aromatic heterocycles. The lowest BCUT2D eigenvalue weighted by Crippen LogP contribution is -2.24. The van der Waals surface area contributed by atoms with Crippen molar-refractivity contribution in [2.24, 2.45) is 17.8 Å². The van der Waals surface area contributed by atoms with Gasteiger partial charge in [-0.25, -0.2) is 0 Å². The van der Waals surface area contributed by atoms with Crippen LogP contribution in [0.4, 0.5) is 0 Å². The van der Waals surface area contributed by atoms with E-state index in [1.54, 1.807) is 0 Å². The number of ketones is 1. The fourth-order valence-electron chi connectivity index (χ4n) is 2.48. The number of aliphatic hydroxyl groups excluding tert-OH is 2. The second-order valence-corrected chi connectivity index (χ2v) is 5.06. The van der Waals surface area contributed by atoms with Crippen LogP contribution in [0.3, 0.4) is 0 Å². The Kier molecular flexibility index (Phi) is 5.28. The minimum absolute atomic E-state index is 0.0353. The van der Waals surface area contributed by atoms with E-state index in [1.807, 2.05) is 13.8 Å². The van der Waals surface area contributed by atoms with Crippen molar-refractivity contribution in [3.63, 3.8) is 0 Å². The third-order valence-electron chi connectivity index (χ3n) is 3.96. The molecule has 0 amide bonds. The number of aliphatic hydroxyl groups is 2. The molecule has 1 saturated carbocycles. The number of Topliss-reactive ketones (excluding diaryl/α,β-unsaturated/α-hetero) is 1. The highest BCUT2D eigenvalue weighted by molar-refractivity contribution is 5.80. The van der Waals surface area contributed by atoms with Gasteiger partial charge < -0.3 is 15.0 Å². The molecule has 17 heavy (non-hydrogen) atoms. The zero-order valence-corrected chi connectivity index (χ0v) is 10.5. The Labute approximate surface area is 102 Å². The van der Waals surface area contributed by atoms with E-state index in [-0.39, 0.29) is 24.0 Å². The molecule has 1 aliphatic rings. The zero-order chi connectivity index (χ0) is 13.0. The van der Waals surface area contributed by atoms with E-state index < -0.39 is 18.1 Å². The highest BCUT2D eigenvalue weighted by atomic mass is 16.3. The normalized spacial score (nSPS) is 34.6. The Morgan fingerprint density at radius 2 is 2.06 bits per heavy atom. The van der Waals surface area contributed by atoms with Gasteiger partial charge in [-0.15, -0.1) is 0 Å². The Hall–Kier alpha value is -0.740. The summed E-state index contributed by atoms with van der Waals surface area (Å²) in [5.74, 6) is -0.580. The van der Waals surface area contributed by atoms with Gasteiger partial charge in [-0.05, 0) is 18.8 Å². The Bertz CT molecular complexity index is 277. The molecule has 0 aromatic rings. The van der Waals surface area contributed by atoms with Gasteiger partial charge in [-0.1, -0.05) is 13.8 Å². The molecule has 0 saturated heterocycles. The average Bonchev–Trinajstić information content (AvgIpc) is 2.58. The third kappa shape index (κ3) is 3.36. The summed E-state index contributed by atoms with van der Waals surface area (Å²) in [5.41, 5.74) is 0. The summed E-state index contributed by atoms with van der Waals surface area (Å²) in [4.78, 5) is 22.5. The predicted octanol–water partition coefficient (Wildman–Crippen LogP) is 0.939. The third-order valence-corrected chi connectivity index (χ3v) is 3.96. The minimum atomic E-state index is -0.758. The van der Waals surface area contributed by atoms with Gasteiger partial charge >= 0.3 is 0 Å². The van der Waals surface area contributed by atoms with Crippen molar-refractivity contribution in [1.29, 1.82) is 0 Å². The highest BCUT2D eigenvalue weighted by Gasteiger charge is 2.41. The second kappa shape index (κ2) is 6.26. The molecular formula is C13H22O4. The van der Waals surface area contributed by atoms with Gasteiger partial charge in [0.1, 0.15) is 12.1 Å². The van der Waals surface area contributed by atoms with Crippen LogP contribution in [-0.2, 0) is 9.59 Å². The maximum absolute atomic E-state index is 11.7. The summed E-state index contributed by atoms with van der Waals surface area (Å²) in [6, 6.07) is 0. The van der Waals surface area contributed by atoms with Crippen LogP contribution in [0.25, 0.3) is 0 Å². The van der Waals surface area contributed by atoms with E-state index in [4.69, 9.17) is 0 Å². The summed E-state index contributed by atoms with van der Waals surface area (Å²) >= 11 is 0. The minimum Gasteiger partial charge on any atom is -0.393 e. The van der Waals surface area contributed by atoms with Crippen LogP contribution in [0.1, 0.15) is 39.5 Å². The molecule has 0 aromatic carbocycles. The Morgan fingerprint density at radius 1 is 1.41 bits per heavy atom. The van der Waals surface area contributed by atoms with E-state index in [1.165, 1.54) is 0 Å². The molecule has 0 heterocycles. The van der Waals surface area contributed by atoms with Gasteiger partial charge in [0, 0.05) is 24.7 Å². The number of carbonyl (C=O) groups is 2. The fourth-order valence-corrected chi connectivity index (χ4v) is 2.48. The largest absolute Gasteiger partial charge is 0.393 e. The Balaban J connectivity index is 2.50. The lowest BCUT2D eigenvalue weighted by atomic mass is 9.88. The number of carbonyl (C=O) groups excluding carboxylic acids is 2. The van der Waals surface area contributed by atoms with E-state index in [0.717, 1.165) is 6.42 Å². The van der Waals surface area contributed by atoms with Crippen LogP contribution in [0.15, 0.2) is 0 Å². The standard InChI is InChI=1S/C13H22O4/c1-3-8(2)11(15)5-4-9-10(7-14)13(17)6-12(9)16/h7-10,12-13,16-17H,3-6H2,1-2H3. The SMILES string of the molecule is CCC(C)C(=O)CCC1C(O)CC(O)C1C=O. The molecule has 1 fully saturated rings. The first kappa shape index (κ1) is 14.3. The van der Waals surface area contributed by atoms with Gasteiger partial charge in [0.25, 0.3) is 0 Å². The smallest absolute Gasteiger partial charge is 0.135 e. The maximum atomic E-state index is 11.7. The number of aldehydes is 1. The molecule has 0 spiro atoms. The molecule has 4 nitrogen and oxygen atoms in total. The summed E-state index contributed by atoms with van der Waals surface area (Å²) in [7, 11) is 0. The van der Waals surface area contributed by atoms with Crippen LogP contribution < -0.4 is 0 Å². The molecule has 4 heteroatoms. The molecule has 5 atom stereocenters. The topological polar surface area (TPSA) is 74.6 Å². The van der Waals surface area contributed by atoms with Crippen molar-refractivity contribution < 1.29 is 19.8 Å². The number of hydrogen-bond donors (Lipinski definition) is 2. The second-order valence-electron chi connectivity index (χ2n) is 5.06. The number of rotatable bonds is 6. The predicted molar refractivity (Wildman–Crippen MR) is 63.4 cm³/mol. The van der Waals surface area contributed by atoms with Gasteiger partial charge in [0.2, 0.25) is 0 Å². The Morgan fingerprint density at radius 3 is 2.59 bits per heavy atom. The van der Waals surface area contributed by atoms with Crippen molar-refractivity contribution in [3.8, 4) is 0 Å². The van der Waals surface area contributed by atoms with E-state index in [0.29, 0.717) is 19.1 Å². The van der Waals surface area contributed by atoms with Gasteiger partial charge in [-0.2, -0.15) is 0 Å². The first-order valence-electron chi connectivity index (χ1n) is 6.35. The molecule has 0 aliphatic heterocycles. The van der Waals surface area contributed by atoms with Crippen LogP contribution in [0.2, 0.25) is 0 Å². The first-order valence-corrected chi connectivity index (χ1v) is 6.35. The summed E-state index contributed by atoms with van der Waals surface area (Å²) in [6.45, 7) is 3.85. The van der Waals surface area contributed by atoms with Crippen LogP contribution in [0.5, 0.6) is 0 Å². The van der Waals surface area contributed by atoms with Crippen LogP contribution in [0, 0.1) is 17.8 Å². The molecular weight excluding hydrogens is 220 g/mol. The van der Waals surface area contributed by atoms with Gasteiger partial charge in [0.05, 0.1) is 12.2 Å². The summed E-state index contributed by atoms with van der Waals surface area (Å²) < 4.78 is 0. The van der Waals surface area contributed by atoms with E-state index in [9.17, 15) is 19.8 Å².